The third-order valence-corrected chi connectivity index (χ3v) is 3.79. The molecule has 0 aromatic rings. The molecule has 1 aliphatic heterocycles. The third-order valence-electron chi connectivity index (χ3n) is 3.79. The number of hydrogen-bond acceptors (Lipinski definition) is 2. The molecule has 2 atom stereocenters. The van der Waals surface area contributed by atoms with Crippen LogP contribution in [0.4, 0.5) is 0 Å². The van der Waals surface area contributed by atoms with Crippen LogP contribution in [0.5, 0.6) is 0 Å². The first-order chi connectivity index (χ1) is 7.63. The quantitative estimate of drug-likeness (QED) is 0.785. The van der Waals surface area contributed by atoms with Gasteiger partial charge < -0.3 is 10.0 Å². The molecule has 0 aromatic heterocycles. The van der Waals surface area contributed by atoms with Crippen molar-refractivity contribution in [3.63, 3.8) is 0 Å². The summed E-state index contributed by atoms with van der Waals surface area (Å²) in [6, 6.07) is 0. The Labute approximate surface area is 95.6 Å². The standard InChI is InChI=1S/C12H19NO3/c1-2-10(12(15)16)9-5-6-13(7-9)11(14)8-3-4-8/h8-10H,2-7H2,1H3,(H,15,16)/t9-,10?/m1/s1. The van der Waals surface area contributed by atoms with E-state index in [2.05, 4.69) is 0 Å². The van der Waals surface area contributed by atoms with Gasteiger partial charge in [-0.05, 0) is 31.6 Å². The van der Waals surface area contributed by atoms with Crippen molar-refractivity contribution in [1.82, 2.24) is 4.90 Å². The molecule has 2 fully saturated rings. The Kier molecular flexibility index (Phi) is 3.17. The van der Waals surface area contributed by atoms with Crippen molar-refractivity contribution in [2.24, 2.45) is 17.8 Å². The Bertz CT molecular complexity index is 299. The Hall–Kier alpha value is -1.06. The Morgan fingerprint density at radius 1 is 1.38 bits per heavy atom. The molecule has 1 unspecified atom stereocenters. The summed E-state index contributed by atoms with van der Waals surface area (Å²) in [7, 11) is 0. The third kappa shape index (κ3) is 2.20. The van der Waals surface area contributed by atoms with Crippen LogP contribution in [-0.2, 0) is 9.59 Å². The maximum absolute atomic E-state index is 11.8. The molecule has 1 aliphatic carbocycles. The van der Waals surface area contributed by atoms with E-state index in [1.807, 2.05) is 11.8 Å². The zero-order valence-corrected chi connectivity index (χ0v) is 9.69. The van der Waals surface area contributed by atoms with Crippen LogP contribution in [-0.4, -0.2) is 35.0 Å². The summed E-state index contributed by atoms with van der Waals surface area (Å²) in [6.45, 7) is 3.31. The van der Waals surface area contributed by atoms with Gasteiger partial charge in [-0.2, -0.15) is 0 Å². The van der Waals surface area contributed by atoms with E-state index >= 15 is 0 Å². The summed E-state index contributed by atoms with van der Waals surface area (Å²) in [6.07, 6.45) is 3.56. The molecule has 4 heteroatoms. The van der Waals surface area contributed by atoms with Gasteiger partial charge in [0.15, 0.2) is 0 Å². The van der Waals surface area contributed by atoms with Gasteiger partial charge in [0.25, 0.3) is 0 Å². The molecule has 1 saturated carbocycles. The molecule has 1 saturated heterocycles. The summed E-state index contributed by atoms with van der Waals surface area (Å²) in [5, 5.41) is 9.08. The topological polar surface area (TPSA) is 57.6 Å². The predicted molar refractivity (Wildman–Crippen MR) is 58.8 cm³/mol. The molecule has 1 N–H and O–H groups in total. The largest absolute Gasteiger partial charge is 0.481 e. The van der Waals surface area contributed by atoms with Crippen LogP contribution in [0.25, 0.3) is 0 Å². The lowest BCUT2D eigenvalue weighted by molar-refractivity contribution is -0.144. The van der Waals surface area contributed by atoms with Gasteiger partial charge in [-0.1, -0.05) is 6.92 Å². The van der Waals surface area contributed by atoms with Crippen LogP contribution >= 0.6 is 0 Å². The second-order valence-electron chi connectivity index (χ2n) is 4.96. The van der Waals surface area contributed by atoms with Gasteiger partial charge in [0.1, 0.15) is 0 Å². The highest BCUT2D eigenvalue weighted by molar-refractivity contribution is 5.81. The molecular weight excluding hydrogens is 206 g/mol. The molecule has 90 valence electrons. The van der Waals surface area contributed by atoms with Gasteiger partial charge in [-0.15, -0.1) is 0 Å². The normalized spacial score (nSPS) is 26.8. The minimum Gasteiger partial charge on any atom is -0.481 e. The van der Waals surface area contributed by atoms with E-state index in [1.54, 1.807) is 0 Å². The van der Waals surface area contributed by atoms with Gasteiger partial charge >= 0.3 is 5.97 Å². The maximum atomic E-state index is 11.8. The first kappa shape index (κ1) is 11.4. The van der Waals surface area contributed by atoms with Crippen LogP contribution in [0.3, 0.4) is 0 Å². The minimum absolute atomic E-state index is 0.158. The lowest BCUT2D eigenvalue weighted by Crippen LogP contribution is -2.32. The molecular formula is C12H19NO3. The summed E-state index contributed by atoms with van der Waals surface area (Å²) in [5.41, 5.74) is 0. The van der Waals surface area contributed by atoms with E-state index in [9.17, 15) is 9.59 Å². The van der Waals surface area contributed by atoms with Crippen LogP contribution in [0.2, 0.25) is 0 Å². The molecule has 0 radical (unpaired) electrons. The van der Waals surface area contributed by atoms with Crippen molar-refractivity contribution < 1.29 is 14.7 Å². The molecule has 4 nitrogen and oxygen atoms in total. The molecule has 0 spiro atoms. The highest BCUT2D eigenvalue weighted by Crippen LogP contribution is 2.34. The van der Waals surface area contributed by atoms with Gasteiger partial charge in [0, 0.05) is 19.0 Å². The number of hydrogen-bond donors (Lipinski definition) is 1. The molecule has 0 bridgehead atoms. The summed E-state index contributed by atoms with van der Waals surface area (Å²) in [5.74, 6) is -0.332. The molecule has 2 rings (SSSR count). The Morgan fingerprint density at radius 2 is 2.06 bits per heavy atom. The summed E-state index contributed by atoms with van der Waals surface area (Å²) in [4.78, 5) is 24.7. The van der Waals surface area contributed by atoms with Gasteiger partial charge in [-0.25, -0.2) is 0 Å². The number of carboxylic acid groups (broad SMARTS) is 1. The smallest absolute Gasteiger partial charge is 0.306 e. The monoisotopic (exact) mass is 225 g/mol. The molecule has 0 aromatic carbocycles. The fourth-order valence-electron chi connectivity index (χ4n) is 2.61. The number of carboxylic acids is 1. The zero-order chi connectivity index (χ0) is 11.7. The van der Waals surface area contributed by atoms with E-state index in [-0.39, 0.29) is 23.7 Å². The SMILES string of the molecule is CCC(C(=O)O)[C@@H]1CCN(C(=O)C2CC2)C1. The molecule has 1 amide bonds. The van der Waals surface area contributed by atoms with Crippen LogP contribution < -0.4 is 0 Å². The highest BCUT2D eigenvalue weighted by atomic mass is 16.4. The minimum atomic E-state index is -0.715. The molecule has 1 heterocycles. The van der Waals surface area contributed by atoms with Gasteiger partial charge in [0.2, 0.25) is 5.91 Å². The lowest BCUT2D eigenvalue weighted by atomic mass is 9.89. The van der Waals surface area contributed by atoms with E-state index in [0.29, 0.717) is 13.0 Å². The summed E-state index contributed by atoms with van der Waals surface area (Å²) >= 11 is 0. The number of likely N-dealkylation sites (tertiary alicyclic amines) is 1. The highest BCUT2D eigenvalue weighted by Gasteiger charge is 2.39. The number of carbonyl (C=O) groups is 2. The summed E-state index contributed by atoms with van der Waals surface area (Å²) < 4.78 is 0. The number of nitrogens with zero attached hydrogens (tertiary/aromatic N) is 1. The fraction of sp³-hybridized carbons (Fsp3) is 0.833. The number of rotatable bonds is 4. The van der Waals surface area contributed by atoms with E-state index in [1.165, 1.54) is 0 Å². The van der Waals surface area contributed by atoms with E-state index in [0.717, 1.165) is 25.8 Å². The zero-order valence-electron chi connectivity index (χ0n) is 9.69. The second kappa shape index (κ2) is 4.44. The van der Waals surface area contributed by atoms with Crippen LogP contribution in [0, 0.1) is 17.8 Å². The Balaban J connectivity index is 1.91. The van der Waals surface area contributed by atoms with Crippen LogP contribution in [0.1, 0.15) is 32.6 Å². The predicted octanol–water partition coefficient (Wildman–Crippen LogP) is 1.36. The average molecular weight is 225 g/mol. The number of amides is 1. The first-order valence-electron chi connectivity index (χ1n) is 6.15. The van der Waals surface area contributed by atoms with Gasteiger partial charge in [-0.3, -0.25) is 9.59 Å². The second-order valence-corrected chi connectivity index (χ2v) is 4.96. The molecule has 2 aliphatic rings. The van der Waals surface area contributed by atoms with Crippen LogP contribution in [0.15, 0.2) is 0 Å². The van der Waals surface area contributed by atoms with Crippen molar-refractivity contribution >= 4 is 11.9 Å². The van der Waals surface area contributed by atoms with Crippen molar-refractivity contribution in [2.45, 2.75) is 32.6 Å². The fourth-order valence-corrected chi connectivity index (χ4v) is 2.61. The lowest BCUT2D eigenvalue weighted by Gasteiger charge is -2.19. The number of aliphatic carboxylic acids is 1. The van der Waals surface area contributed by atoms with Gasteiger partial charge in [0.05, 0.1) is 5.92 Å². The molecule has 16 heavy (non-hydrogen) atoms. The van der Waals surface area contributed by atoms with Crippen molar-refractivity contribution in [3.8, 4) is 0 Å². The maximum Gasteiger partial charge on any atom is 0.306 e. The first-order valence-corrected chi connectivity index (χ1v) is 6.15. The number of carbonyl (C=O) groups excluding carboxylic acids is 1. The van der Waals surface area contributed by atoms with Crippen molar-refractivity contribution in [1.29, 1.82) is 0 Å². The Morgan fingerprint density at radius 3 is 2.56 bits per heavy atom. The van der Waals surface area contributed by atoms with Crippen molar-refractivity contribution in [2.75, 3.05) is 13.1 Å². The van der Waals surface area contributed by atoms with Crippen molar-refractivity contribution in [3.05, 3.63) is 0 Å². The van der Waals surface area contributed by atoms with E-state index in [4.69, 9.17) is 5.11 Å². The average Bonchev–Trinajstić information content (AvgIpc) is 2.98. The van der Waals surface area contributed by atoms with E-state index < -0.39 is 5.97 Å².